The van der Waals surface area contributed by atoms with Gasteiger partial charge in [-0.1, -0.05) is 11.2 Å². The van der Waals surface area contributed by atoms with E-state index in [9.17, 15) is 24.3 Å². The number of hydrogen-bond acceptors (Lipinski definition) is 10. The number of carbonyl (C=O) groups excluding carboxylic acids is 3. The topological polar surface area (TPSA) is 200 Å². The first-order chi connectivity index (χ1) is 14.7. The van der Waals surface area contributed by atoms with E-state index in [0.29, 0.717) is 0 Å². The van der Waals surface area contributed by atoms with Crippen molar-refractivity contribution in [2.24, 2.45) is 10.9 Å². The number of nitrogens with zero attached hydrogens (tertiary/aromatic N) is 3. The van der Waals surface area contributed by atoms with Gasteiger partial charge in [0.15, 0.2) is 5.71 Å². The van der Waals surface area contributed by atoms with Crippen LogP contribution in [0.2, 0.25) is 0 Å². The molecule has 6 N–H and O–H groups in total. The van der Waals surface area contributed by atoms with Crippen LogP contribution in [0.25, 0.3) is 0 Å². The average Bonchev–Trinajstić information content (AvgIpc) is 2.73. The number of carboxylic acids is 1. The number of aliphatic carboxylic acids is 1. The number of ether oxygens (including phenoxy) is 1. The van der Waals surface area contributed by atoms with Crippen molar-refractivity contribution in [3.05, 3.63) is 35.2 Å². The molecule has 1 aromatic heterocycles. The second-order valence-corrected chi connectivity index (χ2v) is 7.40. The third kappa shape index (κ3) is 4.37. The highest BCUT2D eigenvalue weighted by molar-refractivity contribution is 8.00. The van der Waals surface area contributed by atoms with Crippen LogP contribution in [0.15, 0.2) is 34.6 Å². The molecule has 2 atom stereocenters. The number of anilines is 1. The quantitative estimate of drug-likeness (QED) is 0.223. The van der Waals surface area contributed by atoms with Crippen molar-refractivity contribution in [3.63, 3.8) is 0 Å². The Morgan fingerprint density at radius 3 is 2.77 bits per heavy atom. The number of pyridine rings is 1. The van der Waals surface area contributed by atoms with Gasteiger partial charge in [0.1, 0.15) is 42.3 Å². The van der Waals surface area contributed by atoms with Gasteiger partial charge in [-0.15, -0.1) is 11.8 Å². The van der Waals surface area contributed by atoms with Crippen LogP contribution in [0.5, 0.6) is 0 Å². The largest absolute Gasteiger partial charge is 0.477 e. The summed E-state index contributed by atoms with van der Waals surface area (Å²) in [6, 6.07) is 3.59. The van der Waals surface area contributed by atoms with E-state index in [0.717, 1.165) is 4.90 Å². The molecular weight excluding hydrogens is 432 g/mol. The van der Waals surface area contributed by atoms with E-state index in [1.54, 1.807) is 6.07 Å². The Kier molecular flexibility index (Phi) is 6.29. The molecule has 0 saturated carbocycles. The molecule has 1 saturated heterocycles. The van der Waals surface area contributed by atoms with Crippen LogP contribution in [0.4, 0.5) is 10.6 Å². The van der Waals surface area contributed by atoms with Gasteiger partial charge in [-0.2, -0.15) is 0 Å². The minimum atomic E-state index is -1.36. The lowest BCUT2D eigenvalue weighted by Gasteiger charge is -2.49. The molecule has 3 heterocycles. The van der Waals surface area contributed by atoms with Crippen LogP contribution in [-0.4, -0.2) is 75.5 Å². The van der Waals surface area contributed by atoms with Crippen LogP contribution in [-0.2, 0) is 24.0 Å². The van der Waals surface area contributed by atoms with E-state index < -0.39 is 35.3 Å². The van der Waals surface area contributed by atoms with Gasteiger partial charge >= 0.3 is 12.1 Å². The molecule has 164 valence electrons. The van der Waals surface area contributed by atoms with Crippen molar-refractivity contribution in [1.29, 1.82) is 0 Å². The predicted molar refractivity (Wildman–Crippen MR) is 107 cm³/mol. The number of primary amides is 1. The number of thioether (sulfide) groups is 1. The maximum atomic E-state index is 12.7. The van der Waals surface area contributed by atoms with E-state index in [1.807, 2.05) is 0 Å². The van der Waals surface area contributed by atoms with Gasteiger partial charge in [0.25, 0.3) is 11.8 Å². The molecule has 31 heavy (non-hydrogen) atoms. The number of fused-ring (bicyclic) bond motifs is 1. The highest BCUT2D eigenvalue weighted by Crippen LogP contribution is 2.40. The highest BCUT2D eigenvalue weighted by atomic mass is 32.2. The maximum Gasteiger partial charge on any atom is 0.404 e. The van der Waals surface area contributed by atoms with E-state index >= 15 is 0 Å². The molecule has 0 aromatic carbocycles. The minimum Gasteiger partial charge on any atom is -0.477 e. The lowest BCUT2D eigenvalue weighted by atomic mass is 10.0. The summed E-state index contributed by atoms with van der Waals surface area (Å²) in [4.78, 5) is 57.7. The molecule has 1 unspecified atom stereocenters. The molecule has 14 heteroatoms. The number of rotatable bonds is 7. The van der Waals surface area contributed by atoms with Crippen LogP contribution >= 0.6 is 11.8 Å². The molecule has 0 spiro atoms. The first-order valence-electron chi connectivity index (χ1n) is 8.71. The number of nitrogens with two attached hydrogens (primary N) is 2. The first-order valence-corrected chi connectivity index (χ1v) is 9.76. The fourth-order valence-corrected chi connectivity index (χ4v) is 4.37. The summed E-state index contributed by atoms with van der Waals surface area (Å²) >= 11 is 1.20. The van der Waals surface area contributed by atoms with Crippen molar-refractivity contribution >= 4 is 47.2 Å². The second kappa shape index (κ2) is 8.91. The number of oxime groups is 1. The zero-order valence-corrected chi connectivity index (χ0v) is 16.9. The molecule has 1 fully saturated rings. The van der Waals surface area contributed by atoms with Crippen LogP contribution in [0.1, 0.15) is 5.69 Å². The number of hydrogen-bond donors (Lipinski definition) is 4. The number of nitrogen functional groups attached to an aromatic ring is 1. The van der Waals surface area contributed by atoms with Crippen LogP contribution < -0.4 is 16.8 Å². The number of β-lactam (4-membered cyclic amide) rings is 1. The lowest BCUT2D eigenvalue weighted by molar-refractivity contribution is -0.150. The predicted octanol–water partition coefficient (Wildman–Crippen LogP) is -1.15. The Labute approximate surface area is 179 Å². The Morgan fingerprint density at radius 1 is 1.42 bits per heavy atom. The van der Waals surface area contributed by atoms with Gasteiger partial charge in [0.2, 0.25) is 0 Å². The number of nitrogens with one attached hydrogen (secondary N) is 1. The number of amides is 3. The fourth-order valence-electron chi connectivity index (χ4n) is 3.04. The van der Waals surface area contributed by atoms with Gasteiger partial charge in [-0.3, -0.25) is 14.5 Å². The normalized spacial score (nSPS) is 20.5. The fraction of sp³-hybridized carbons (Fsp3) is 0.294. The van der Waals surface area contributed by atoms with Crippen molar-refractivity contribution in [2.45, 2.75) is 11.4 Å². The Morgan fingerprint density at radius 2 is 2.16 bits per heavy atom. The number of carbonyl (C=O) groups is 4. The average molecular weight is 450 g/mol. The van der Waals surface area contributed by atoms with Gasteiger partial charge in [-0.25, -0.2) is 14.6 Å². The zero-order valence-electron chi connectivity index (χ0n) is 16.1. The van der Waals surface area contributed by atoms with Crippen molar-refractivity contribution in [2.75, 3.05) is 25.2 Å². The molecule has 0 bridgehead atoms. The standard InChI is InChI=1S/C17H18N6O7S/c1-29-22-10(8-3-2-4-9(18)20-8)13(24)21-11-14(25)23-12(16(26)27)7(5-30-17(19)28)6-31-15(11)23/h2-4,11,15H,5-6H2,1H3,(H2,18,20)(H2,19,28)(H,21,24)(H,26,27)/t11?,15-/m0/s1. The molecular formula is C17H18N6O7S. The maximum absolute atomic E-state index is 12.7. The summed E-state index contributed by atoms with van der Waals surface area (Å²) in [5.74, 6) is -2.44. The first kappa shape index (κ1) is 21.9. The van der Waals surface area contributed by atoms with Gasteiger partial charge in [0.05, 0.1) is 0 Å². The lowest BCUT2D eigenvalue weighted by Crippen LogP contribution is -2.71. The minimum absolute atomic E-state index is 0.135. The molecule has 13 nitrogen and oxygen atoms in total. The second-order valence-electron chi connectivity index (χ2n) is 6.30. The summed E-state index contributed by atoms with van der Waals surface area (Å²) in [5.41, 5.74) is 10.4. The van der Waals surface area contributed by atoms with Gasteiger partial charge < -0.3 is 31.5 Å². The number of carboxylic acid groups (broad SMARTS) is 1. The van der Waals surface area contributed by atoms with Crippen LogP contribution in [0, 0.1) is 0 Å². The number of aromatic nitrogens is 1. The molecule has 3 rings (SSSR count). The third-order valence-corrected chi connectivity index (χ3v) is 5.68. The monoisotopic (exact) mass is 450 g/mol. The smallest absolute Gasteiger partial charge is 0.404 e. The molecule has 0 radical (unpaired) electrons. The van der Waals surface area contributed by atoms with Crippen molar-refractivity contribution < 1.29 is 33.9 Å². The molecule has 3 amide bonds. The van der Waals surface area contributed by atoms with Gasteiger partial charge in [-0.05, 0) is 12.1 Å². The van der Waals surface area contributed by atoms with Crippen molar-refractivity contribution in [3.8, 4) is 0 Å². The molecule has 2 aliphatic rings. The van der Waals surface area contributed by atoms with E-state index in [1.165, 1.54) is 31.0 Å². The van der Waals surface area contributed by atoms with Crippen molar-refractivity contribution in [1.82, 2.24) is 15.2 Å². The summed E-state index contributed by atoms with van der Waals surface area (Å²) in [6.45, 7) is -0.358. The third-order valence-electron chi connectivity index (χ3n) is 4.34. The Hall–Kier alpha value is -3.81. The summed E-state index contributed by atoms with van der Waals surface area (Å²) in [7, 11) is 1.24. The summed E-state index contributed by atoms with van der Waals surface area (Å²) in [5, 5.41) is 15.1. The van der Waals surface area contributed by atoms with E-state index in [-0.39, 0.29) is 40.9 Å². The molecule has 0 aliphatic carbocycles. The summed E-state index contributed by atoms with van der Waals surface area (Å²) in [6.07, 6.45) is -1.07. The highest BCUT2D eigenvalue weighted by Gasteiger charge is 2.54. The van der Waals surface area contributed by atoms with Crippen LogP contribution in [0.3, 0.4) is 0 Å². The van der Waals surface area contributed by atoms with Gasteiger partial charge in [0, 0.05) is 11.3 Å². The summed E-state index contributed by atoms with van der Waals surface area (Å²) < 4.78 is 4.66. The Balaban J connectivity index is 1.79. The SMILES string of the molecule is CON=C(C(=O)NC1C(=O)N2C(C(=O)O)=C(COC(N)=O)CS[C@@H]12)c1cccc(N)n1. The molecule has 1 aromatic rings. The van der Waals surface area contributed by atoms with E-state index in [4.69, 9.17) is 16.3 Å². The Bertz CT molecular complexity index is 1010. The molecule has 2 aliphatic heterocycles. The zero-order chi connectivity index (χ0) is 22.7. The van der Waals surface area contributed by atoms with E-state index in [2.05, 4.69) is 20.2 Å².